The van der Waals surface area contributed by atoms with Gasteiger partial charge in [-0.15, -0.1) is 0 Å². The quantitative estimate of drug-likeness (QED) is 0.0256. The fourth-order valence-corrected chi connectivity index (χ4v) is 8.78. The van der Waals surface area contributed by atoms with Crippen molar-refractivity contribution in [3.8, 4) is 0 Å². The number of hydrogen-bond donors (Lipinski definition) is 6. The molecular weight excluding hydrogens is 721 g/mol. The zero-order valence-corrected chi connectivity index (χ0v) is 35.7. The minimum Gasteiger partial charge on any atom is -0.480 e. The highest BCUT2D eigenvalue weighted by molar-refractivity contribution is 8.76. The number of carboxylic acids is 2. The van der Waals surface area contributed by atoms with E-state index in [0.717, 1.165) is 64.5 Å². The number of rotatable bonds is 43. The SMILES string of the molecule is NCCCCCCCCCCCCCCCCC(=O)NC(CCSSCCC(NC(=O)CCCCCCCCCCCCCCCCN)C(=O)O)C(=O)O. The van der Waals surface area contributed by atoms with E-state index in [1.54, 1.807) is 0 Å². The van der Waals surface area contributed by atoms with Crippen LogP contribution in [0.3, 0.4) is 0 Å². The molecule has 2 atom stereocenters. The van der Waals surface area contributed by atoms with Crippen LogP contribution in [-0.2, 0) is 19.2 Å². The highest BCUT2D eigenvalue weighted by Gasteiger charge is 2.21. The first-order chi connectivity index (χ1) is 26.3. The van der Waals surface area contributed by atoms with E-state index in [9.17, 15) is 29.4 Å². The third-order valence-corrected chi connectivity index (χ3v) is 12.5. The van der Waals surface area contributed by atoms with Crippen LogP contribution in [0, 0.1) is 0 Å². The van der Waals surface area contributed by atoms with Crippen molar-refractivity contribution in [2.75, 3.05) is 24.6 Å². The van der Waals surface area contributed by atoms with Gasteiger partial charge in [0.2, 0.25) is 11.8 Å². The van der Waals surface area contributed by atoms with Gasteiger partial charge in [-0.1, -0.05) is 176 Å². The Labute approximate surface area is 337 Å². The van der Waals surface area contributed by atoms with E-state index in [4.69, 9.17) is 11.5 Å². The molecule has 0 fully saturated rings. The topological polar surface area (TPSA) is 185 Å². The molecule has 0 bridgehead atoms. The molecule has 12 heteroatoms. The molecule has 2 unspecified atom stereocenters. The van der Waals surface area contributed by atoms with E-state index in [2.05, 4.69) is 10.6 Å². The van der Waals surface area contributed by atoms with Crippen LogP contribution in [0.15, 0.2) is 0 Å². The average Bonchev–Trinajstić information content (AvgIpc) is 3.14. The molecule has 54 heavy (non-hydrogen) atoms. The van der Waals surface area contributed by atoms with Crippen molar-refractivity contribution < 1.29 is 29.4 Å². The van der Waals surface area contributed by atoms with Crippen LogP contribution in [0.1, 0.15) is 205 Å². The fourth-order valence-electron chi connectivity index (χ4n) is 6.60. The van der Waals surface area contributed by atoms with Crippen LogP contribution < -0.4 is 22.1 Å². The zero-order valence-electron chi connectivity index (χ0n) is 34.1. The number of amides is 2. The lowest BCUT2D eigenvalue weighted by Gasteiger charge is -2.15. The molecule has 8 N–H and O–H groups in total. The lowest BCUT2D eigenvalue weighted by atomic mass is 10.0. The Kier molecular flexibility index (Phi) is 40.0. The lowest BCUT2D eigenvalue weighted by Crippen LogP contribution is -2.41. The van der Waals surface area contributed by atoms with E-state index in [1.165, 1.54) is 150 Å². The van der Waals surface area contributed by atoms with Crippen molar-refractivity contribution in [2.45, 2.75) is 218 Å². The molecule has 0 aromatic rings. The summed E-state index contributed by atoms with van der Waals surface area (Å²) < 4.78 is 0. The Morgan fingerprint density at radius 3 is 0.833 bits per heavy atom. The second-order valence-electron chi connectivity index (χ2n) is 15.1. The van der Waals surface area contributed by atoms with Crippen molar-refractivity contribution in [3.63, 3.8) is 0 Å². The maximum absolute atomic E-state index is 12.4. The summed E-state index contributed by atoms with van der Waals surface area (Å²) in [6, 6.07) is -1.86. The lowest BCUT2D eigenvalue weighted by molar-refractivity contribution is -0.142. The number of hydrogen-bond acceptors (Lipinski definition) is 8. The second kappa shape index (κ2) is 41.1. The summed E-state index contributed by atoms with van der Waals surface area (Å²) in [6.45, 7) is 1.62. The van der Waals surface area contributed by atoms with Crippen LogP contribution >= 0.6 is 21.6 Å². The third kappa shape index (κ3) is 37.4. The molecule has 0 aliphatic rings. The van der Waals surface area contributed by atoms with Gasteiger partial charge < -0.3 is 32.3 Å². The highest BCUT2D eigenvalue weighted by Crippen LogP contribution is 2.24. The van der Waals surface area contributed by atoms with Crippen molar-refractivity contribution in [1.29, 1.82) is 0 Å². The molecule has 0 saturated carbocycles. The minimum atomic E-state index is -1.04. The van der Waals surface area contributed by atoms with E-state index in [-0.39, 0.29) is 11.8 Å². The number of aliphatic carboxylic acids is 2. The fraction of sp³-hybridized carbons (Fsp3) is 0.905. The maximum atomic E-state index is 12.4. The monoisotopic (exact) mass is 803 g/mol. The molecule has 0 radical (unpaired) electrons. The van der Waals surface area contributed by atoms with Crippen molar-refractivity contribution in [2.24, 2.45) is 11.5 Å². The number of nitrogens with two attached hydrogens (primary N) is 2. The summed E-state index contributed by atoms with van der Waals surface area (Å²) in [5, 5.41) is 24.5. The number of carboxylic acid groups (broad SMARTS) is 2. The van der Waals surface area contributed by atoms with Crippen LogP contribution in [0.5, 0.6) is 0 Å². The first-order valence-electron chi connectivity index (χ1n) is 22.0. The van der Waals surface area contributed by atoms with Crippen LogP contribution in [-0.4, -0.2) is 70.6 Å². The van der Waals surface area contributed by atoms with E-state index >= 15 is 0 Å². The summed E-state index contributed by atoms with van der Waals surface area (Å²) in [5.41, 5.74) is 11.1. The molecule has 0 saturated heterocycles. The molecule has 0 spiro atoms. The van der Waals surface area contributed by atoms with Crippen molar-refractivity contribution in [3.05, 3.63) is 0 Å². The Morgan fingerprint density at radius 2 is 0.611 bits per heavy atom. The first-order valence-corrected chi connectivity index (χ1v) is 24.5. The van der Waals surface area contributed by atoms with Crippen molar-refractivity contribution in [1.82, 2.24) is 10.6 Å². The van der Waals surface area contributed by atoms with Crippen LogP contribution in [0.2, 0.25) is 0 Å². The Hall–Kier alpha value is -1.50. The number of carbonyl (C=O) groups excluding carboxylic acids is 2. The first kappa shape index (κ1) is 52.5. The van der Waals surface area contributed by atoms with Gasteiger partial charge in [0.05, 0.1) is 0 Å². The summed E-state index contributed by atoms with van der Waals surface area (Å²) in [7, 11) is 2.92. The minimum absolute atomic E-state index is 0.218. The average molecular weight is 803 g/mol. The van der Waals surface area contributed by atoms with Gasteiger partial charge in [0.25, 0.3) is 0 Å². The molecule has 0 rings (SSSR count). The Morgan fingerprint density at radius 1 is 0.389 bits per heavy atom. The predicted octanol–water partition coefficient (Wildman–Crippen LogP) is 9.91. The summed E-state index contributed by atoms with van der Waals surface area (Å²) in [4.78, 5) is 48.2. The molecule has 0 aromatic heterocycles. The van der Waals surface area contributed by atoms with Gasteiger partial charge in [-0.05, 0) is 51.6 Å². The predicted molar refractivity (Wildman–Crippen MR) is 230 cm³/mol. The Bertz CT molecular complexity index is 831. The molecule has 318 valence electrons. The zero-order chi connectivity index (χ0) is 39.7. The molecule has 0 heterocycles. The number of nitrogens with one attached hydrogen (secondary N) is 2. The van der Waals surface area contributed by atoms with Gasteiger partial charge in [-0.25, -0.2) is 9.59 Å². The molecule has 0 aliphatic heterocycles. The molecule has 0 aromatic carbocycles. The summed E-state index contributed by atoms with van der Waals surface area (Å²) >= 11 is 0. The number of carbonyl (C=O) groups is 4. The van der Waals surface area contributed by atoms with Crippen LogP contribution in [0.25, 0.3) is 0 Å². The van der Waals surface area contributed by atoms with Gasteiger partial charge in [0.1, 0.15) is 12.1 Å². The summed E-state index contributed by atoms with van der Waals surface area (Å²) in [6.07, 6.45) is 35.1. The van der Waals surface area contributed by atoms with Gasteiger partial charge in [0.15, 0.2) is 0 Å². The molecule has 0 aliphatic carbocycles. The van der Waals surface area contributed by atoms with E-state index < -0.39 is 24.0 Å². The second-order valence-corrected chi connectivity index (χ2v) is 17.8. The molecular formula is C42H82N4O6S2. The van der Waals surface area contributed by atoms with Gasteiger partial charge >= 0.3 is 11.9 Å². The third-order valence-electron chi connectivity index (χ3n) is 10.0. The largest absolute Gasteiger partial charge is 0.480 e. The van der Waals surface area contributed by atoms with E-state index in [1.807, 2.05) is 0 Å². The maximum Gasteiger partial charge on any atom is 0.326 e. The van der Waals surface area contributed by atoms with Gasteiger partial charge in [0, 0.05) is 24.3 Å². The van der Waals surface area contributed by atoms with E-state index in [0.29, 0.717) is 37.2 Å². The standard InChI is InChI=1S/C42H82N4O6S2/c43-33-27-23-19-15-11-7-3-1-5-9-13-17-21-25-29-39(47)45-37(41(49)50)31-35-53-54-36-32-38(42(51)52)46-40(48)30-26-22-18-14-10-6-2-4-8-12-16-20-24-28-34-44/h37-38H,1-36,43-44H2,(H,45,47)(H,46,48)(H,49,50)(H,51,52). The smallest absolute Gasteiger partial charge is 0.326 e. The number of unbranched alkanes of at least 4 members (excludes halogenated alkanes) is 26. The highest BCUT2D eigenvalue weighted by atomic mass is 33.1. The summed E-state index contributed by atoms with van der Waals surface area (Å²) in [5.74, 6) is -1.50. The van der Waals surface area contributed by atoms with Crippen molar-refractivity contribution >= 4 is 45.3 Å². The normalized spacial score (nSPS) is 12.4. The molecule has 2 amide bonds. The molecule has 10 nitrogen and oxygen atoms in total. The van der Waals surface area contributed by atoms with Crippen LogP contribution in [0.4, 0.5) is 0 Å². The van der Waals surface area contributed by atoms with Gasteiger partial charge in [-0.3, -0.25) is 9.59 Å². The Balaban J connectivity index is 3.83. The van der Waals surface area contributed by atoms with Gasteiger partial charge in [-0.2, -0.15) is 0 Å².